The second kappa shape index (κ2) is 13.3. The Kier molecular flexibility index (Phi) is 11.5. The van der Waals surface area contributed by atoms with Crippen LogP contribution in [0.25, 0.3) is 0 Å². The smallest absolute Gasteiger partial charge is 0.224 e. The van der Waals surface area contributed by atoms with E-state index in [1.807, 2.05) is 58.9 Å². The van der Waals surface area contributed by atoms with Gasteiger partial charge in [-0.3, -0.25) is 14.4 Å². The summed E-state index contributed by atoms with van der Waals surface area (Å²) in [4.78, 5) is 50.1. The Balaban J connectivity index is 2.96. The molecule has 1 aromatic rings. The van der Waals surface area contributed by atoms with Crippen molar-refractivity contribution in [3.63, 3.8) is 0 Å². The van der Waals surface area contributed by atoms with Gasteiger partial charge in [-0.2, -0.15) is 0 Å². The molecule has 0 aliphatic rings. The summed E-state index contributed by atoms with van der Waals surface area (Å²) >= 11 is 0. The SMILES string of the molecule is CC(=O)C[C@@H](CC(C)C)C(=O)N[C@@H](CC(C)C)C(=O)C[C@@H](Cc1ccc(C)cc1)C(C)=O. The van der Waals surface area contributed by atoms with Crippen molar-refractivity contribution < 1.29 is 19.2 Å². The van der Waals surface area contributed by atoms with Crippen molar-refractivity contribution in [1.29, 1.82) is 0 Å². The number of aryl methyl sites for hydroxylation is 1. The molecular formula is C27H41NO4. The van der Waals surface area contributed by atoms with E-state index in [4.69, 9.17) is 0 Å². The molecule has 0 radical (unpaired) electrons. The zero-order chi connectivity index (χ0) is 24.4. The molecule has 0 bridgehead atoms. The fourth-order valence-electron chi connectivity index (χ4n) is 3.98. The number of amides is 1. The Labute approximate surface area is 193 Å². The number of nitrogens with one attached hydrogen (secondary N) is 1. The maximum atomic E-state index is 13.2. The van der Waals surface area contributed by atoms with Gasteiger partial charge in [-0.05, 0) is 57.4 Å². The van der Waals surface area contributed by atoms with Crippen molar-refractivity contribution in [2.24, 2.45) is 23.7 Å². The topological polar surface area (TPSA) is 80.3 Å². The van der Waals surface area contributed by atoms with Crippen LogP contribution in [0.15, 0.2) is 24.3 Å². The summed E-state index contributed by atoms with van der Waals surface area (Å²) in [6, 6.07) is 7.33. The molecule has 178 valence electrons. The van der Waals surface area contributed by atoms with Gasteiger partial charge in [0.1, 0.15) is 11.6 Å². The molecule has 1 amide bonds. The van der Waals surface area contributed by atoms with Crippen molar-refractivity contribution >= 4 is 23.3 Å². The number of benzene rings is 1. The van der Waals surface area contributed by atoms with Crippen LogP contribution in [0.1, 0.15) is 78.4 Å². The molecular weight excluding hydrogens is 402 g/mol. The van der Waals surface area contributed by atoms with Gasteiger partial charge in [-0.1, -0.05) is 57.5 Å². The molecule has 0 fully saturated rings. The number of hydrogen-bond acceptors (Lipinski definition) is 4. The van der Waals surface area contributed by atoms with E-state index in [1.165, 1.54) is 13.8 Å². The highest BCUT2D eigenvalue weighted by Crippen LogP contribution is 2.20. The summed E-state index contributed by atoms with van der Waals surface area (Å²) in [5, 5.41) is 2.92. The molecule has 0 aliphatic heterocycles. The summed E-state index contributed by atoms with van der Waals surface area (Å²) in [7, 11) is 0. The summed E-state index contributed by atoms with van der Waals surface area (Å²) < 4.78 is 0. The molecule has 5 nitrogen and oxygen atoms in total. The molecule has 1 aromatic carbocycles. The van der Waals surface area contributed by atoms with Crippen LogP contribution < -0.4 is 5.32 Å². The fraction of sp³-hybridized carbons (Fsp3) is 0.630. The number of carbonyl (C=O) groups excluding carboxylic acids is 4. The molecule has 0 aliphatic carbocycles. The molecule has 0 saturated heterocycles. The highest BCUT2D eigenvalue weighted by Gasteiger charge is 2.29. The zero-order valence-electron chi connectivity index (χ0n) is 20.9. The Morgan fingerprint density at radius 2 is 1.38 bits per heavy atom. The number of hydrogen-bond donors (Lipinski definition) is 1. The van der Waals surface area contributed by atoms with E-state index in [2.05, 4.69) is 5.32 Å². The van der Waals surface area contributed by atoms with Gasteiger partial charge in [0.2, 0.25) is 5.91 Å². The van der Waals surface area contributed by atoms with Crippen LogP contribution in [0.4, 0.5) is 0 Å². The molecule has 0 unspecified atom stereocenters. The Bertz CT molecular complexity index is 779. The molecule has 1 N–H and O–H groups in total. The van der Waals surface area contributed by atoms with Crippen molar-refractivity contribution in [1.82, 2.24) is 5.32 Å². The Morgan fingerprint density at radius 1 is 0.812 bits per heavy atom. The van der Waals surface area contributed by atoms with Crippen molar-refractivity contribution in [2.75, 3.05) is 0 Å². The fourth-order valence-corrected chi connectivity index (χ4v) is 3.98. The van der Waals surface area contributed by atoms with E-state index in [0.717, 1.165) is 11.1 Å². The number of ketones is 3. The largest absolute Gasteiger partial charge is 0.346 e. The first-order valence-electron chi connectivity index (χ1n) is 11.8. The lowest BCUT2D eigenvalue weighted by molar-refractivity contribution is -0.133. The first-order chi connectivity index (χ1) is 14.9. The highest BCUT2D eigenvalue weighted by atomic mass is 16.2. The molecule has 32 heavy (non-hydrogen) atoms. The van der Waals surface area contributed by atoms with E-state index in [0.29, 0.717) is 19.3 Å². The van der Waals surface area contributed by atoms with E-state index in [-0.39, 0.29) is 47.9 Å². The Hall–Kier alpha value is -2.30. The zero-order valence-corrected chi connectivity index (χ0v) is 20.9. The van der Waals surface area contributed by atoms with Crippen molar-refractivity contribution in [3.8, 4) is 0 Å². The number of Topliss-reactive ketones (excluding diaryl/α,β-unsaturated/α-hetero) is 3. The summed E-state index contributed by atoms with van der Waals surface area (Å²) in [5.74, 6) is -0.813. The lowest BCUT2D eigenvalue weighted by Gasteiger charge is -2.25. The first-order valence-corrected chi connectivity index (χ1v) is 11.8. The summed E-state index contributed by atoms with van der Waals surface area (Å²) in [5.41, 5.74) is 2.16. The van der Waals surface area contributed by atoms with E-state index in [1.54, 1.807) is 0 Å². The van der Waals surface area contributed by atoms with E-state index < -0.39 is 17.9 Å². The average Bonchev–Trinajstić information content (AvgIpc) is 2.66. The van der Waals surface area contributed by atoms with E-state index >= 15 is 0 Å². The minimum atomic E-state index is -0.649. The van der Waals surface area contributed by atoms with E-state index in [9.17, 15) is 19.2 Å². The number of rotatable bonds is 14. The monoisotopic (exact) mass is 443 g/mol. The average molecular weight is 444 g/mol. The van der Waals surface area contributed by atoms with Crippen LogP contribution in [0.3, 0.4) is 0 Å². The molecule has 0 saturated carbocycles. The second-order valence-electron chi connectivity index (χ2n) is 10.1. The molecule has 0 aromatic heterocycles. The predicted molar refractivity (Wildman–Crippen MR) is 128 cm³/mol. The molecule has 3 atom stereocenters. The third-order valence-electron chi connectivity index (χ3n) is 5.70. The van der Waals surface area contributed by atoms with Crippen LogP contribution in [0.5, 0.6) is 0 Å². The molecule has 0 spiro atoms. The van der Waals surface area contributed by atoms with Gasteiger partial charge in [0.25, 0.3) is 0 Å². The van der Waals surface area contributed by atoms with Crippen LogP contribution >= 0.6 is 0 Å². The lowest BCUT2D eigenvalue weighted by atomic mass is 9.86. The standard InChI is InChI=1S/C27H41NO4/c1-17(2)12-24(14-20(6)29)27(32)28-25(13-18(3)4)26(31)16-23(21(7)30)15-22-10-8-19(5)9-11-22/h8-11,17-18,23-25H,12-16H2,1-7H3,(H,28,32)/t23-,24-,25+/m1/s1. The minimum absolute atomic E-state index is 0.0252. The molecule has 5 heteroatoms. The van der Waals surface area contributed by atoms with Gasteiger partial charge < -0.3 is 10.1 Å². The van der Waals surface area contributed by atoms with Crippen molar-refractivity contribution in [3.05, 3.63) is 35.4 Å². The quantitative estimate of drug-likeness (QED) is 0.445. The maximum absolute atomic E-state index is 13.2. The third-order valence-corrected chi connectivity index (χ3v) is 5.70. The normalized spacial score (nSPS) is 14.2. The van der Waals surface area contributed by atoms with Gasteiger partial charge in [0.05, 0.1) is 6.04 Å². The molecule has 1 rings (SSSR count). The first kappa shape index (κ1) is 27.7. The Morgan fingerprint density at radius 3 is 1.84 bits per heavy atom. The second-order valence-corrected chi connectivity index (χ2v) is 10.1. The van der Waals surface area contributed by atoms with Gasteiger partial charge in [-0.15, -0.1) is 0 Å². The van der Waals surface area contributed by atoms with Crippen LogP contribution in [0, 0.1) is 30.6 Å². The number of carbonyl (C=O) groups is 4. The van der Waals surface area contributed by atoms with Gasteiger partial charge >= 0.3 is 0 Å². The van der Waals surface area contributed by atoms with Crippen LogP contribution in [-0.2, 0) is 25.6 Å². The van der Waals surface area contributed by atoms with Crippen LogP contribution in [0.2, 0.25) is 0 Å². The van der Waals surface area contributed by atoms with Crippen LogP contribution in [-0.4, -0.2) is 29.3 Å². The third kappa shape index (κ3) is 10.3. The maximum Gasteiger partial charge on any atom is 0.224 e. The molecule has 0 heterocycles. The van der Waals surface area contributed by atoms with Crippen molar-refractivity contribution in [2.45, 2.75) is 86.6 Å². The lowest BCUT2D eigenvalue weighted by Crippen LogP contribution is -2.45. The predicted octanol–water partition coefficient (Wildman–Crippen LogP) is 4.87. The van der Waals surface area contributed by atoms with Gasteiger partial charge in [0, 0.05) is 24.7 Å². The summed E-state index contributed by atoms with van der Waals surface area (Å²) in [6.45, 7) is 13.0. The highest BCUT2D eigenvalue weighted by molar-refractivity contribution is 5.93. The minimum Gasteiger partial charge on any atom is -0.346 e. The summed E-state index contributed by atoms with van der Waals surface area (Å²) in [6.07, 6.45) is 1.88. The van der Waals surface area contributed by atoms with Gasteiger partial charge in [-0.25, -0.2) is 0 Å². The van der Waals surface area contributed by atoms with Gasteiger partial charge in [0.15, 0.2) is 5.78 Å².